The molecule has 10 heteroatoms. The van der Waals surface area contributed by atoms with Crippen molar-refractivity contribution in [2.75, 3.05) is 5.32 Å². The number of nitrogens with zero attached hydrogens (tertiary/aromatic N) is 3. The Kier molecular flexibility index (Phi) is 4.78. The van der Waals surface area contributed by atoms with Gasteiger partial charge >= 0.3 is 0 Å². The van der Waals surface area contributed by atoms with Crippen LogP contribution in [-0.2, 0) is 27.1 Å². The molecular weight excluding hydrogens is 358 g/mol. The second-order valence-electron chi connectivity index (χ2n) is 5.63. The molecule has 0 fully saturated rings. The monoisotopic (exact) mass is 373 g/mol. The average Bonchev–Trinajstić information content (AvgIpc) is 2.56. The zero-order valence-corrected chi connectivity index (χ0v) is 14.3. The average molecular weight is 373 g/mol. The third-order valence-corrected chi connectivity index (χ3v) is 4.24. The lowest BCUT2D eigenvalue weighted by molar-refractivity contribution is -0.117. The summed E-state index contributed by atoms with van der Waals surface area (Å²) in [7, 11) is -3.67. The lowest BCUT2D eigenvalue weighted by Crippen LogP contribution is -2.30. The third-order valence-electron chi connectivity index (χ3n) is 3.50. The van der Waals surface area contributed by atoms with Gasteiger partial charge in [-0.1, -0.05) is 29.5 Å². The highest BCUT2D eigenvalue weighted by atomic mass is 32.2. The lowest BCUT2D eigenvalue weighted by atomic mass is 10.2. The minimum Gasteiger partial charge on any atom is -0.324 e. The van der Waals surface area contributed by atoms with Crippen molar-refractivity contribution in [3.05, 3.63) is 64.4 Å². The van der Waals surface area contributed by atoms with E-state index in [1.54, 1.807) is 42.5 Å². The van der Waals surface area contributed by atoms with Crippen LogP contribution < -0.4 is 16.0 Å². The summed E-state index contributed by atoms with van der Waals surface area (Å²) < 4.78 is 23.3. The summed E-state index contributed by atoms with van der Waals surface area (Å²) in [5, 5.41) is 15.6. The lowest BCUT2D eigenvalue weighted by Gasteiger charge is -2.08. The Morgan fingerprint density at radius 3 is 2.69 bits per heavy atom. The number of amides is 1. The van der Waals surface area contributed by atoms with Crippen LogP contribution in [0.2, 0.25) is 0 Å². The maximum Gasteiger partial charge on any atom is 0.278 e. The largest absolute Gasteiger partial charge is 0.324 e. The van der Waals surface area contributed by atoms with E-state index >= 15 is 0 Å². The van der Waals surface area contributed by atoms with Crippen LogP contribution in [0.15, 0.2) is 53.3 Å². The van der Waals surface area contributed by atoms with E-state index in [0.717, 1.165) is 4.68 Å². The van der Waals surface area contributed by atoms with E-state index in [1.807, 2.05) is 0 Å². The van der Waals surface area contributed by atoms with E-state index in [9.17, 15) is 18.0 Å². The molecule has 0 radical (unpaired) electrons. The molecule has 26 heavy (non-hydrogen) atoms. The number of benzene rings is 2. The second kappa shape index (κ2) is 7.02. The fourth-order valence-electron chi connectivity index (χ4n) is 2.43. The van der Waals surface area contributed by atoms with Crippen LogP contribution in [-0.4, -0.2) is 29.3 Å². The Hall–Kier alpha value is -3.11. The number of aromatic nitrogens is 3. The van der Waals surface area contributed by atoms with Crippen molar-refractivity contribution in [2.24, 2.45) is 5.14 Å². The van der Waals surface area contributed by atoms with Gasteiger partial charge in [-0.05, 0) is 29.8 Å². The molecule has 1 heterocycles. The number of nitrogens with two attached hydrogens (primary N) is 1. The minimum atomic E-state index is -3.67. The molecule has 0 bridgehead atoms. The highest BCUT2D eigenvalue weighted by molar-refractivity contribution is 7.88. The van der Waals surface area contributed by atoms with Gasteiger partial charge in [-0.2, -0.15) is 0 Å². The van der Waals surface area contributed by atoms with Gasteiger partial charge in [0.15, 0.2) is 0 Å². The first-order valence-electron chi connectivity index (χ1n) is 7.54. The van der Waals surface area contributed by atoms with Crippen LogP contribution in [0.25, 0.3) is 10.9 Å². The molecule has 0 aliphatic rings. The van der Waals surface area contributed by atoms with E-state index < -0.39 is 21.5 Å². The highest BCUT2D eigenvalue weighted by Gasteiger charge is 2.11. The molecule has 3 N–H and O–H groups in total. The van der Waals surface area contributed by atoms with E-state index in [-0.39, 0.29) is 12.3 Å². The van der Waals surface area contributed by atoms with Gasteiger partial charge in [0.05, 0.1) is 11.1 Å². The molecule has 0 spiro atoms. The molecule has 1 amide bonds. The van der Waals surface area contributed by atoms with Gasteiger partial charge in [0.25, 0.3) is 5.56 Å². The first-order chi connectivity index (χ1) is 12.3. The van der Waals surface area contributed by atoms with Crippen LogP contribution in [0, 0.1) is 0 Å². The molecule has 3 aromatic rings. The predicted molar refractivity (Wildman–Crippen MR) is 95.7 cm³/mol. The van der Waals surface area contributed by atoms with Gasteiger partial charge < -0.3 is 5.32 Å². The summed E-state index contributed by atoms with van der Waals surface area (Å²) in [5.41, 5.74) is 0.851. The van der Waals surface area contributed by atoms with E-state index in [1.165, 1.54) is 6.07 Å². The van der Waals surface area contributed by atoms with Gasteiger partial charge in [-0.15, -0.1) is 5.10 Å². The molecule has 2 aromatic carbocycles. The molecular formula is C16H15N5O4S. The van der Waals surface area contributed by atoms with Crippen molar-refractivity contribution in [1.29, 1.82) is 0 Å². The van der Waals surface area contributed by atoms with Gasteiger partial charge in [0.1, 0.15) is 12.1 Å². The number of hydrogen-bond acceptors (Lipinski definition) is 6. The summed E-state index contributed by atoms with van der Waals surface area (Å²) in [6.45, 7) is -0.323. The Balaban J connectivity index is 1.76. The Morgan fingerprint density at radius 2 is 1.92 bits per heavy atom. The smallest absolute Gasteiger partial charge is 0.278 e. The summed E-state index contributed by atoms with van der Waals surface area (Å²) in [6.07, 6.45) is 0. The molecule has 134 valence electrons. The zero-order valence-electron chi connectivity index (χ0n) is 13.5. The van der Waals surface area contributed by atoms with Crippen molar-refractivity contribution in [1.82, 2.24) is 15.0 Å². The van der Waals surface area contributed by atoms with Crippen molar-refractivity contribution in [2.45, 2.75) is 12.3 Å². The summed E-state index contributed by atoms with van der Waals surface area (Å²) in [6, 6.07) is 13.0. The van der Waals surface area contributed by atoms with Crippen LogP contribution in [0.1, 0.15) is 5.56 Å². The van der Waals surface area contributed by atoms with Crippen LogP contribution in [0.3, 0.4) is 0 Å². The topological polar surface area (TPSA) is 137 Å². The number of primary sulfonamides is 1. The number of hydrogen-bond donors (Lipinski definition) is 2. The number of carbonyl (C=O) groups is 1. The van der Waals surface area contributed by atoms with Gasteiger partial charge in [0, 0.05) is 5.69 Å². The number of fused-ring (bicyclic) bond motifs is 1. The Morgan fingerprint density at radius 1 is 1.15 bits per heavy atom. The Labute approximate surface area is 148 Å². The van der Waals surface area contributed by atoms with Crippen molar-refractivity contribution in [3.63, 3.8) is 0 Å². The van der Waals surface area contributed by atoms with Crippen molar-refractivity contribution >= 4 is 32.5 Å². The molecule has 0 saturated heterocycles. The fraction of sp³-hybridized carbons (Fsp3) is 0.125. The zero-order chi connectivity index (χ0) is 18.7. The van der Waals surface area contributed by atoms with Gasteiger partial charge in [-0.3, -0.25) is 9.59 Å². The molecule has 0 saturated carbocycles. The van der Waals surface area contributed by atoms with Crippen LogP contribution in [0.4, 0.5) is 5.69 Å². The molecule has 3 rings (SSSR count). The first kappa shape index (κ1) is 17.7. The third kappa shape index (κ3) is 4.29. The normalized spacial score (nSPS) is 11.4. The van der Waals surface area contributed by atoms with Gasteiger partial charge in [0.2, 0.25) is 15.9 Å². The predicted octanol–water partition coefficient (Wildman–Crippen LogP) is 0.219. The SMILES string of the molecule is NS(=O)(=O)Cc1cccc(NC(=O)Cn2nnc3ccccc3c2=O)c1. The summed E-state index contributed by atoms with van der Waals surface area (Å²) >= 11 is 0. The molecule has 0 atom stereocenters. The van der Waals surface area contributed by atoms with E-state index in [2.05, 4.69) is 15.6 Å². The van der Waals surface area contributed by atoms with Crippen LogP contribution in [0.5, 0.6) is 0 Å². The molecule has 9 nitrogen and oxygen atoms in total. The minimum absolute atomic E-state index is 0.323. The van der Waals surface area contributed by atoms with E-state index in [4.69, 9.17) is 5.14 Å². The number of anilines is 1. The quantitative estimate of drug-likeness (QED) is 0.656. The standard InChI is InChI=1S/C16H15N5O4S/c17-26(24,25)10-11-4-3-5-12(8-11)18-15(22)9-21-16(23)13-6-1-2-7-14(13)19-20-21/h1-8H,9-10H2,(H,18,22)(H2,17,24,25). The molecule has 0 aliphatic carbocycles. The summed E-state index contributed by atoms with van der Waals surface area (Å²) in [5.74, 6) is -0.837. The van der Waals surface area contributed by atoms with Gasteiger partial charge in [-0.25, -0.2) is 18.2 Å². The fourth-order valence-corrected chi connectivity index (χ4v) is 3.08. The number of nitrogens with one attached hydrogen (secondary N) is 1. The van der Waals surface area contributed by atoms with Crippen LogP contribution >= 0.6 is 0 Å². The maximum atomic E-state index is 12.3. The molecule has 1 aromatic heterocycles. The number of sulfonamides is 1. The van der Waals surface area contributed by atoms with Crippen molar-refractivity contribution < 1.29 is 13.2 Å². The maximum absolute atomic E-state index is 12.3. The second-order valence-corrected chi connectivity index (χ2v) is 7.24. The summed E-state index contributed by atoms with van der Waals surface area (Å²) in [4.78, 5) is 24.5. The van der Waals surface area contributed by atoms with E-state index in [0.29, 0.717) is 22.2 Å². The molecule has 0 aliphatic heterocycles. The highest BCUT2D eigenvalue weighted by Crippen LogP contribution is 2.12. The van der Waals surface area contributed by atoms with Crippen molar-refractivity contribution in [3.8, 4) is 0 Å². The Bertz CT molecular complexity index is 1140. The first-order valence-corrected chi connectivity index (χ1v) is 9.25. The molecule has 0 unspecified atom stereocenters. The number of rotatable bonds is 5. The number of carbonyl (C=O) groups excluding carboxylic acids is 1.